The Balaban J connectivity index is 1.59. The van der Waals surface area contributed by atoms with E-state index in [-0.39, 0.29) is 17.5 Å². The third-order valence-corrected chi connectivity index (χ3v) is 5.63. The maximum atomic E-state index is 13.1. The number of nitrogens with one attached hydrogen (secondary N) is 1. The number of carbonyl (C=O) groups is 2. The summed E-state index contributed by atoms with van der Waals surface area (Å²) in [5, 5.41) is 7.33. The summed E-state index contributed by atoms with van der Waals surface area (Å²) >= 11 is 15.6. The second-order valence-electron chi connectivity index (χ2n) is 6.59. The number of hydrogen-bond acceptors (Lipinski definition) is 5. The van der Waals surface area contributed by atoms with E-state index < -0.39 is 17.5 Å². The standard InChI is InChI=1S/C19H13BrCl2N4O3/c1-19(13-6-5-12(21)8-14(13)22)17(27)26(18(28)24-19)9-15-23-16(25-29-15)10-3-2-4-11(20)7-10/h2-8H,9H2,1H3,(H,24,28). The first-order valence-electron chi connectivity index (χ1n) is 8.46. The molecule has 0 bridgehead atoms. The molecule has 3 amide bonds. The van der Waals surface area contributed by atoms with E-state index in [9.17, 15) is 9.59 Å². The molecule has 1 saturated heterocycles. The van der Waals surface area contributed by atoms with Crippen LogP contribution in [0.25, 0.3) is 11.4 Å². The summed E-state index contributed by atoms with van der Waals surface area (Å²) in [4.78, 5) is 30.9. The number of hydrogen-bond donors (Lipinski definition) is 1. The van der Waals surface area contributed by atoms with E-state index in [1.54, 1.807) is 19.1 Å². The molecular formula is C19H13BrCl2N4O3. The molecule has 0 saturated carbocycles. The van der Waals surface area contributed by atoms with Crippen molar-refractivity contribution >= 4 is 51.1 Å². The number of benzene rings is 2. The molecule has 0 radical (unpaired) electrons. The van der Waals surface area contributed by atoms with Gasteiger partial charge in [0.15, 0.2) is 0 Å². The van der Waals surface area contributed by atoms with Gasteiger partial charge in [-0.2, -0.15) is 4.98 Å². The number of carbonyl (C=O) groups excluding carboxylic acids is 2. The van der Waals surface area contributed by atoms with Gasteiger partial charge < -0.3 is 9.84 Å². The van der Waals surface area contributed by atoms with E-state index in [2.05, 4.69) is 31.4 Å². The Bertz CT molecular complexity index is 1140. The summed E-state index contributed by atoms with van der Waals surface area (Å²) in [7, 11) is 0. The Kier molecular flexibility index (Phi) is 5.10. The molecule has 0 spiro atoms. The van der Waals surface area contributed by atoms with Crippen molar-refractivity contribution in [3.8, 4) is 11.4 Å². The summed E-state index contributed by atoms with van der Waals surface area (Å²) < 4.78 is 6.10. The van der Waals surface area contributed by atoms with Crippen molar-refractivity contribution in [1.82, 2.24) is 20.4 Å². The summed E-state index contributed by atoms with van der Waals surface area (Å²) in [5.74, 6) is 0.0146. The van der Waals surface area contributed by atoms with Crippen LogP contribution < -0.4 is 5.32 Å². The highest BCUT2D eigenvalue weighted by Gasteiger charge is 2.50. The van der Waals surface area contributed by atoms with Gasteiger partial charge in [0.25, 0.3) is 5.91 Å². The lowest BCUT2D eigenvalue weighted by Crippen LogP contribution is -2.41. The van der Waals surface area contributed by atoms with Crippen LogP contribution in [-0.4, -0.2) is 27.0 Å². The van der Waals surface area contributed by atoms with Gasteiger partial charge in [-0.1, -0.05) is 62.5 Å². The first-order valence-corrected chi connectivity index (χ1v) is 10.0. The SMILES string of the molecule is CC1(c2ccc(Cl)cc2Cl)NC(=O)N(Cc2nc(-c3cccc(Br)c3)no2)C1=O. The van der Waals surface area contributed by atoms with Gasteiger partial charge in [-0.05, 0) is 31.2 Å². The average molecular weight is 496 g/mol. The molecule has 1 N–H and O–H groups in total. The van der Waals surface area contributed by atoms with E-state index in [1.165, 1.54) is 6.07 Å². The molecule has 148 valence electrons. The number of imide groups is 1. The normalized spacial score (nSPS) is 19.0. The molecule has 1 aliphatic heterocycles. The Hall–Kier alpha value is -2.42. The van der Waals surface area contributed by atoms with Gasteiger partial charge in [0, 0.05) is 25.6 Å². The number of halogens is 3. The van der Waals surface area contributed by atoms with E-state index in [4.69, 9.17) is 27.7 Å². The zero-order valence-electron chi connectivity index (χ0n) is 14.9. The molecule has 29 heavy (non-hydrogen) atoms. The molecule has 1 fully saturated rings. The lowest BCUT2D eigenvalue weighted by atomic mass is 9.92. The Morgan fingerprint density at radius 1 is 1.21 bits per heavy atom. The summed E-state index contributed by atoms with van der Waals surface area (Å²) in [6.45, 7) is 1.43. The predicted molar refractivity (Wildman–Crippen MR) is 110 cm³/mol. The maximum absolute atomic E-state index is 13.1. The minimum Gasteiger partial charge on any atom is -0.337 e. The van der Waals surface area contributed by atoms with Gasteiger partial charge in [0.05, 0.1) is 0 Å². The van der Waals surface area contributed by atoms with E-state index in [0.29, 0.717) is 16.4 Å². The zero-order valence-corrected chi connectivity index (χ0v) is 18.0. The molecule has 1 unspecified atom stereocenters. The van der Waals surface area contributed by atoms with Crippen LogP contribution in [0.5, 0.6) is 0 Å². The van der Waals surface area contributed by atoms with E-state index in [1.807, 2.05) is 24.3 Å². The molecular weight excluding hydrogens is 483 g/mol. The smallest absolute Gasteiger partial charge is 0.325 e. The highest BCUT2D eigenvalue weighted by molar-refractivity contribution is 9.10. The highest BCUT2D eigenvalue weighted by atomic mass is 79.9. The Morgan fingerprint density at radius 2 is 2.00 bits per heavy atom. The summed E-state index contributed by atoms with van der Waals surface area (Å²) in [5.41, 5.74) is -0.138. The Labute approximate surface area is 184 Å². The molecule has 2 heterocycles. The topological polar surface area (TPSA) is 88.3 Å². The minimum atomic E-state index is -1.33. The average Bonchev–Trinajstić information content (AvgIpc) is 3.21. The number of rotatable bonds is 4. The van der Waals surface area contributed by atoms with Gasteiger partial charge in [-0.15, -0.1) is 0 Å². The van der Waals surface area contributed by atoms with Crippen LogP contribution in [0.15, 0.2) is 51.5 Å². The van der Waals surface area contributed by atoms with Gasteiger partial charge >= 0.3 is 6.03 Å². The van der Waals surface area contributed by atoms with E-state index in [0.717, 1.165) is 14.9 Å². The van der Waals surface area contributed by atoms with Crippen molar-refractivity contribution in [1.29, 1.82) is 0 Å². The van der Waals surface area contributed by atoms with Crippen LogP contribution in [0.1, 0.15) is 18.4 Å². The fraction of sp³-hybridized carbons (Fsp3) is 0.158. The van der Waals surface area contributed by atoms with Crippen molar-refractivity contribution in [2.75, 3.05) is 0 Å². The molecule has 0 aliphatic carbocycles. The lowest BCUT2D eigenvalue weighted by molar-refractivity contribution is -0.131. The van der Waals surface area contributed by atoms with Gasteiger partial charge in [0.2, 0.25) is 11.7 Å². The first-order chi connectivity index (χ1) is 13.8. The van der Waals surface area contributed by atoms with Crippen LogP contribution >= 0.6 is 39.1 Å². The molecule has 1 aromatic heterocycles. The van der Waals surface area contributed by atoms with Crippen LogP contribution in [0.3, 0.4) is 0 Å². The van der Waals surface area contributed by atoms with Crippen molar-refractivity contribution in [2.45, 2.75) is 19.0 Å². The van der Waals surface area contributed by atoms with E-state index >= 15 is 0 Å². The molecule has 2 aromatic carbocycles. The third-order valence-electron chi connectivity index (χ3n) is 4.59. The number of amides is 3. The van der Waals surface area contributed by atoms with Crippen molar-refractivity contribution in [3.63, 3.8) is 0 Å². The van der Waals surface area contributed by atoms with Crippen LogP contribution in [0, 0.1) is 0 Å². The van der Waals surface area contributed by atoms with Gasteiger partial charge in [-0.25, -0.2) is 4.79 Å². The van der Waals surface area contributed by atoms with Crippen molar-refractivity contribution < 1.29 is 14.1 Å². The molecule has 3 aromatic rings. The molecule has 10 heteroatoms. The molecule has 4 rings (SSSR count). The largest absolute Gasteiger partial charge is 0.337 e. The second-order valence-corrected chi connectivity index (χ2v) is 8.35. The van der Waals surface area contributed by atoms with Crippen molar-refractivity contribution in [2.24, 2.45) is 0 Å². The van der Waals surface area contributed by atoms with Crippen LogP contribution in [0.2, 0.25) is 10.0 Å². The summed E-state index contributed by atoms with van der Waals surface area (Å²) in [6.07, 6.45) is 0. The highest BCUT2D eigenvalue weighted by Crippen LogP contribution is 2.35. The van der Waals surface area contributed by atoms with Gasteiger partial charge in [0.1, 0.15) is 12.1 Å². The van der Waals surface area contributed by atoms with Gasteiger partial charge in [-0.3, -0.25) is 9.69 Å². The molecule has 7 nitrogen and oxygen atoms in total. The van der Waals surface area contributed by atoms with Crippen LogP contribution in [0.4, 0.5) is 4.79 Å². The quantitative estimate of drug-likeness (QED) is 0.526. The monoisotopic (exact) mass is 494 g/mol. The number of aromatic nitrogens is 2. The van der Waals surface area contributed by atoms with Crippen molar-refractivity contribution in [3.05, 3.63) is 68.4 Å². The summed E-state index contributed by atoms with van der Waals surface area (Å²) in [6, 6.07) is 11.5. The molecule has 1 atom stereocenters. The fourth-order valence-corrected chi connectivity index (χ4v) is 4.11. The number of nitrogens with zero attached hydrogens (tertiary/aromatic N) is 3. The molecule has 1 aliphatic rings. The predicted octanol–water partition coefficient (Wildman–Crippen LogP) is 4.77. The lowest BCUT2D eigenvalue weighted by Gasteiger charge is -2.23. The Morgan fingerprint density at radius 3 is 2.72 bits per heavy atom. The zero-order chi connectivity index (χ0) is 20.8. The minimum absolute atomic E-state index is 0.134. The van der Waals surface area contributed by atoms with Crippen LogP contribution in [-0.2, 0) is 16.9 Å². The maximum Gasteiger partial charge on any atom is 0.325 e. The second kappa shape index (κ2) is 7.44. The number of urea groups is 1. The fourth-order valence-electron chi connectivity index (χ4n) is 3.12. The third kappa shape index (κ3) is 3.63. The first kappa shape index (κ1) is 19.9.